The summed E-state index contributed by atoms with van der Waals surface area (Å²) in [6.07, 6.45) is 2.50. The number of thioether (sulfide) groups is 1. The van der Waals surface area contributed by atoms with Crippen molar-refractivity contribution in [3.05, 3.63) is 20.7 Å². The van der Waals surface area contributed by atoms with E-state index in [1.165, 1.54) is 35.7 Å². The number of aromatic amines is 1. The topological polar surface area (TPSA) is 44.9 Å². The molecule has 1 aliphatic rings. The molecule has 1 aromatic rings. The number of hydrogen-bond donors (Lipinski definition) is 2. The van der Waals surface area contributed by atoms with Crippen LogP contribution in [0.1, 0.15) is 18.5 Å². The minimum atomic E-state index is 0.0426. The van der Waals surface area contributed by atoms with Crippen LogP contribution in [0, 0.1) is 0 Å². The Morgan fingerprint density at radius 3 is 2.93 bits per heavy atom. The summed E-state index contributed by atoms with van der Waals surface area (Å²) in [7, 11) is 0. The molecule has 2 rings (SSSR count). The molecule has 14 heavy (non-hydrogen) atoms. The van der Waals surface area contributed by atoms with Gasteiger partial charge in [0.1, 0.15) is 0 Å². The number of hydrogen-bond acceptors (Lipinski definition) is 4. The zero-order valence-electron chi connectivity index (χ0n) is 7.91. The fraction of sp³-hybridized carbons (Fsp3) is 0.667. The van der Waals surface area contributed by atoms with Gasteiger partial charge in [0, 0.05) is 23.7 Å². The van der Waals surface area contributed by atoms with E-state index < -0.39 is 0 Å². The van der Waals surface area contributed by atoms with Gasteiger partial charge < -0.3 is 10.3 Å². The lowest BCUT2D eigenvalue weighted by Gasteiger charge is -2.22. The fourth-order valence-electron chi connectivity index (χ4n) is 1.56. The predicted molar refractivity (Wildman–Crippen MR) is 62.1 cm³/mol. The first-order chi connectivity index (χ1) is 6.84. The van der Waals surface area contributed by atoms with Gasteiger partial charge in [-0.05, 0) is 24.3 Å². The van der Waals surface area contributed by atoms with Crippen LogP contribution in [0.15, 0.2) is 10.2 Å². The summed E-state index contributed by atoms with van der Waals surface area (Å²) in [5.41, 5.74) is 1.01. The molecule has 1 saturated heterocycles. The van der Waals surface area contributed by atoms with Crippen molar-refractivity contribution in [2.75, 3.05) is 11.5 Å². The Bertz CT molecular complexity index is 328. The third-order valence-corrected chi connectivity index (χ3v) is 4.14. The van der Waals surface area contributed by atoms with Gasteiger partial charge in [-0.2, -0.15) is 11.8 Å². The maximum Gasteiger partial charge on any atom is 0.304 e. The molecule has 78 valence electrons. The van der Waals surface area contributed by atoms with E-state index in [0.717, 1.165) is 12.2 Å². The second kappa shape index (κ2) is 5.00. The molecule has 3 nitrogen and oxygen atoms in total. The van der Waals surface area contributed by atoms with Crippen LogP contribution in [0.4, 0.5) is 0 Å². The number of nitrogens with one attached hydrogen (secondary N) is 2. The number of aromatic nitrogens is 1. The molecule has 0 bridgehead atoms. The first-order valence-electron chi connectivity index (χ1n) is 4.82. The first kappa shape index (κ1) is 10.3. The molecule has 1 fully saturated rings. The lowest BCUT2D eigenvalue weighted by atomic mass is 10.1. The highest BCUT2D eigenvalue weighted by Crippen LogP contribution is 2.17. The van der Waals surface area contributed by atoms with Crippen LogP contribution in [0.2, 0.25) is 0 Å². The van der Waals surface area contributed by atoms with E-state index in [0.29, 0.717) is 6.04 Å². The fourth-order valence-corrected chi connectivity index (χ4v) is 3.24. The highest BCUT2D eigenvalue weighted by Gasteiger charge is 2.12. The third kappa shape index (κ3) is 2.87. The van der Waals surface area contributed by atoms with E-state index in [2.05, 4.69) is 10.3 Å². The van der Waals surface area contributed by atoms with Gasteiger partial charge in [0.15, 0.2) is 0 Å². The van der Waals surface area contributed by atoms with Crippen molar-refractivity contribution in [3.8, 4) is 0 Å². The molecule has 0 amide bonds. The monoisotopic (exact) mass is 230 g/mol. The van der Waals surface area contributed by atoms with Crippen molar-refractivity contribution < 1.29 is 0 Å². The Labute approximate surface area is 91.3 Å². The summed E-state index contributed by atoms with van der Waals surface area (Å²) in [4.78, 5) is 13.7. The Morgan fingerprint density at radius 1 is 1.50 bits per heavy atom. The Balaban J connectivity index is 1.78. The van der Waals surface area contributed by atoms with E-state index in [9.17, 15) is 4.79 Å². The van der Waals surface area contributed by atoms with Crippen molar-refractivity contribution in [1.82, 2.24) is 10.3 Å². The minimum absolute atomic E-state index is 0.0426. The zero-order chi connectivity index (χ0) is 9.80. The smallest absolute Gasteiger partial charge is 0.304 e. The Morgan fingerprint density at radius 2 is 2.29 bits per heavy atom. The molecule has 2 N–H and O–H groups in total. The van der Waals surface area contributed by atoms with Gasteiger partial charge in [-0.15, -0.1) is 0 Å². The van der Waals surface area contributed by atoms with Crippen LogP contribution < -0.4 is 10.2 Å². The van der Waals surface area contributed by atoms with Crippen molar-refractivity contribution in [2.24, 2.45) is 0 Å². The SMILES string of the molecule is O=c1[nH]c(CNC2CCSCC2)cs1. The van der Waals surface area contributed by atoms with Crippen molar-refractivity contribution in [3.63, 3.8) is 0 Å². The summed E-state index contributed by atoms with van der Waals surface area (Å²) in [6.45, 7) is 0.800. The van der Waals surface area contributed by atoms with Crippen LogP contribution in [0.25, 0.3) is 0 Å². The summed E-state index contributed by atoms with van der Waals surface area (Å²) < 4.78 is 0. The molecule has 1 aliphatic heterocycles. The van der Waals surface area contributed by atoms with E-state index in [1.807, 2.05) is 17.1 Å². The van der Waals surface area contributed by atoms with E-state index >= 15 is 0 Å². The molecule has 5 heteroatoms. The third-order valence-electron chi connectivity index (χ3n) is 2.37. The van der Waals surface area contributed by atoms with Gasteiger partial charge in [-0.3, -0.25) is 4.79 Å². The number of thiazole rings is 1. The van der Waals surface area contributed by atoms with Crippen molar-refractivity contribution >= 4 is 23.1 Å². The maximum absolute atomic E-state index is 10.9. The highest BCUT2D eigenvalue weighted by atomic mass is 32.2. The Hall–Kier alpha value is -0.260. The van der Waals surface area contributed by atoms with E-state index in [4.69, 9.17) is 0 Å². The van der Waals surface area contributed by atoms with Crippen LogP contribution >= 0.6 is 23.1 Å². The molecule has 0 radical (unpaired) electrons. The average Bonchev–Trinajstić information content (AvgIpc) is 2.63. The van der Waals surface area contributed by atoms with Gasteiger partial charge in [0.05, 0.1) is 0 Å². The second-order valence-corrected chi connectivity index (χ2v) is 5.51. The first-order valence-corrected chi connectivity index (χ1v) is 6.86. The van der Waals surface area contributed by atoms with E-state index in [1.54, 1.807) is 0 Å². The summed E-state index contributed by atoms with van der Waals surface area (Å²) in [5.74, 6) is 2.52. The summed E-state index contributed by atoms with van der Waals surface area (Å²) in [5, 5.41) is 5.37. The lowest BCUT2D eigenvalue weighted by molar-refractivity contribution is 0.479. The molecule has 0 aliphatic carbocycles. The molecule has 0 aromatic carbocycles. The average molecular weight is 230 g/mol. The highest BCUT2D eigenvalue weighted by molar-refractivity contribution is 7.99. The second-order valence-electron chi connectivity index (χ2n) is 3.44. The minimum Gasteiger partial charge on any atom is -0.315 e. The van der Waals surface area contributed by atoms with Gasteiger partial charge in [-0.25, -0.2) is 0 Å². The van der Waals surface area contributed by atoms with Crippen molar-refractivity contribution in [1.29, 1.82) is 0 Å². The molecule has 0 saturated carbocycles. The van der Waals surface area contributed by atoms with Crippen LogP contribution in [0.3, 0.4) is 0 Å². The zero-order valence-corrected chi connectivity index (χ0v) is 9.55. The van der Waals surface area contributed by atoms with Gasteiger partial charge in [0.2, 0.25) is 0 Å². The number of rotatable bonds is 3. The molecule has 0 spiro atoms. The maximum atomic E-state index is 10.9. The van der Waals surface area contributed by atoms with Crippen molar-refractivity contribution in [2.45, 2.75) is 25.4 Å². The largest absolute Gasteiger partial charge is 0.315 e. The van der Waals surface area contributed by atoms with Crippen LogP contribution in [-0.2, 0) is 6.54 Å². The molecule has 0 atom stereocenters. The standard InChI is InChI=1S/C9H14N2OS2/c12-9-11-8(6-14-9)5-10-7-1-3-13-4-2-7/h6-7,10H,1-5H2,(H,11,12). The molecule has 2 heterocycles. The molecule has 0 unspecified atom stereocenters. The normalized spacial score (nSPS) is 18.6. The molecule has 1 aromatic heterocycles. The Kier molecular flexibility index (Phi) is 3.67. The van der Waals surface area contributed by atoms with Gasteiger partial charge in [0.25, 0.3) is 0 Å². The van der Waals surface area contributed by atoms with Crippen LogP contribution in [0.5, 0.6) is 0 Å². The lowest BCUT2D eigenvalue weighted by Crippen LogP contribution is -2.32. The summed E-state index contributed by atoms with van der Waals surface area (Å²) >= 11 is 3.26. The molecular weight excluding hydrogens is 216 g/mol. The summed E-state index contributed by atoms with van der Waals surface area (Å²) in [6, 6.07) is 0.639. The number of H-pyrrole nitrogens is 1. The van der Waals surface area contributed by atoms with Gasteiger partial charge >= 0.3 is 4.87 Å². The van der Waals surface area contributed by atoms with Crippen LogP contribution in [-0.4, -0.2) is 22.5 Å². The molecular formula is C9H14N2OS2. The predicted octanol–water partition coefficient (Wildman–Crippen LogP) is 1.42. The quantitative estimate of drug-likeness (QED) is 0.825. The van der Waals surface area contributed by atoms with E-state index in [-0.39, 0.29) is 4.87 Å². The van der Waals surface area contributed by atoms with Gasteiger partial charge in [-0.1, -0.05) is 11.3 Å².